The van der Waals surface area contributed by atoms with Crippen molar-refractivity contribution >= 4 is 5.78 Å². The number of aliphatic hydroxyl groups is 1. The van der Waals surface area contributed by atoms with Gasteiger partial charge in [0.05, 0.1) is 5.60 Å². The van der Waals surface area contributed by atoms with Gasteiger partial charge in [0.1, 0.15) is 5.78 Å². The minimum absolute atomic E-state index is 0.164. The SMILES string of the molecule is CC(=O)C12CC3CC(C)(CC(O)(C3)C1)C2. The molecule has 4 unspecified atom stereocenters. The molecule has 2 nitrogen and oxygen atoms in total. The summed E-state index contributed by atoms with van der Waals surface area (Å²) in [6.07, 6.45) is 5.89. The smallest absolute Gasteiger partial charge is 0.136 e. The van der Waals surface area contributed by atoms with Crippen LogP contribution in [0.1, 0.15) is 52.4 Å². The van der Waals surface area contributed by atoms with Gasteiger partial charge in [-0.15, -0.1) is 0 Å². The summed E-state index contributed by atoms with van der Waals surface area (Å²) in [7, 11) is 0. The summed E-state index contributed by atoms with van der Waals surface area (Å²) in [6, 6.07) is 0. The standard InChI is InChI=1S/C13H20O2/c1-9(14)12-4-10-3-11(2,6-12)7-13(15,5-10)8-12/h10,15H,3-8H2,1-2H3. The van der Waals surface area contributed by atoms with Gasteiger partial charge in [-0.05, 0) is 56.8 Å². The van der Waals surface area contributed by atoms with Gasteiger partial charge in [-0.2, -0.15) is 0 Å². The van der Waals surface area contributed by atoms with E-state index in [0.717, 1.165) is 32.1 Å². The highest BCUT2D eigenvalue weighted by Gasteiger charge is 2.62. The van der Waals surface area contributed by atoms with E-state index in [1.165, 1.54) is 6.42 Å². The highest BCUT2D eigenvalue weighted by atomic mass is 16.3. The molecule has 4 aliphatic rings. The summed E-state index contributed by atoms with van der Waals surface area (Å²) in [5.74, 6) is 0.913. The van der Waals surface area contributed by atoms with Crippen molar-refractivity contribution < 1.29 is 9.90 Å². The van der Waals surface area contributed by atoms with E-state index < -0.39 is 5.60 Å². The van der Waals surface area contributed by atoms with Crippen molar-refractivity contribution in [1.29, 1.82) is 0 Å². The van der Waals surface area contributed by atoms with Crippen molar-refractivity contribution in [2.24, 2.45) is 16.7 Å². The Kier molecular flexibility index (Phi) is 1.62. The van der Waals surface area contributed by atoms with Crippen LogP contribution in [0.25, 0.3) is 0 Å². The predicted octanol–water partition coefficient (Wildman–Crippen LogP) is 2.30. The fraction of sp³-hybridized carbons (Fsp3) is 0.923. The Balaban J connectivity index is 2.05. The van der Waals surface area contributed by atoms with Gasteiger partial charge in [0.2, 0.25) is 0 Å². The molecule has 4 aliphatic carbocycles. The molecule has 0 spiro atoms. The molecular formula is C13H20O2. The van der Waals surface area contributed by atoms with Crippen LogP contribution in [0, 0.1) is 16.7 Å². The number of Topliss-reactive ketones (excluding diaryl/α,β-unsaturated/α-hetero) is 1. The van der Waals surface area contributed by atoms with Gasteiger partial charge in [0.25, 0.3) is 0 Å². The molecule has 4 atom stereocenters. The molecule has 0 saturated heterocycles. The number of hydrogen-bond acceptors (Lipinski definition) is 2. The lowest BCUT2D eigenvalue weighted by Gasteiger charge is -2.63. The fourth-order valence-corrected chi connectivity index (χ4v) is 5.26. The number of carbonyl (C=O) groups is 1. The van der Waals surface area contributed by atoms with Gasteiger partial charge < -0.3 is 5.11 Å². The van der Waals surface area contributed by atoms with Crippen LogP contribution in [-0.4, -0.2) is 16.5 Å². The highest BCUT2D eigenvalue weighted by molar-refractivity contribution is 5.83. The molecule has 4 bridgehead atoms. The van der Waals surface area contributed by atoms with Crippen LogP contribution in [-0.2, 0) is 4.79 Å². The van der Waals surface area contributed by atoms with Crippen molar-refractivity contribution in [3.63, 3.8) is 0 Å². The lowest BCUT2D eigenvalue weighted by molar-refractivity contribution is -0.197. The lowest BCUT2D eigenvalue weighted by Crippen LogP contribution is -2.61. The van der Waals surface area contributed by atoms with Gasteiger partial charge in [-0.3, -0.25) is 4.79 Å². The maximum atomic E-state index is 11.9. The topological polar surface area (TPSA) is 37.3 Å². The molecule has 0 aromatic heterocycles. The number of hydrogen-bond donors (Lipinski definition) is 1. The average molecular weight is 208 g/mol. The first-order valence-corrected chi connectivity index (χ1v) is 6.08. The molecule has 0 amide bonds. The second kappa shape index (κ2) is 2.48. The Morgan fingerprint density at radius 2 is 1.93 bits per heavy atom. The zero-order valence-electron chi connectivity index (χ0n) is 9.68. The Morgan fingerprint density at radius 3 is 2.47 bits per heavy atom. The molecule has 2 heteroatoms. The summed E-state index contributed by atoms with van der Waals surface area (Å²) < 4.78 is 0. The van der Waals surface area contributed by atoms with E-state index >= 15 is 0 Å². The first kappa shape index (κ1) is 9.83. The lowest BCUT2D eigenvalue weighted by atomic mass is 9.42. The van der Waals surface area contributed by atoms with E-state index in [-0.39, 0.29) is 10.8 Å². The van der Waals surface area contributed by atoms with Crippen LogP contribution in [0.2, 0.25) is 0 Å². The fourth-order valence-electron chi connectivity index (χ4n) is 5.26. The maximum absolute atomic E-state index is 11.9. The third kappa shape index (κ3) is 1.24. The number of carbonyl (C=O) groups excluding carboxylic acids is 1. The quantitative estimate of drug-likeness (QED) is 0.718. The third-order valence-corrected chi connectivity index (χ3v) is 5.06. The molecule has 0 aromatic carbocycles. The van der Waals surface area contributed by atoms with Gasteiger partial charge in [0, 0.05) is 5.41 Å². The average Bonchev–Trinajstić information content (AvgIpc) is 1.95. The summed E-state index contributed by atoms with van der Waals surface area (Å²) in [5.41, 5.74) is -0.442. The summed E-state index contributed by atoms with van der Waals surface area (Å²) in [4.78, 5) is 11.9. The molecule has 84 valence electrons. The Bertz CT molecular complexity index is 315. The molecular weight excluding hydrogens is 188 g/mol. The largest absolute Gasteiger partial charge is 0.390 e. The van der Waals surface area contributed by atoms with Gasteiger partial charge in [-0.1, -0.05) is 6.92 Å². The zero-order valence-corrected chi connectivity index (χ0v) is 9.68. The molecule has 4 fully saturated rings. The molecule has 1 N–H and O–H groups in total. The van der Waals surface area contributed by atoms with Crippen molar-refractivity contribution in [2.75, 3.05) is 0 Å². The summed E-state index contributed by atoms with van der Waals surface area (Å²) in [6.45, 7) is 3.99. The van der Waals surface area contributed by atoms with E-state index in [1.54, 1.807) is 6.92 Å². The Morgan fingerprint density at radius 1 is 1.20 bits per heavy atom. The van der Waals surface area contributed by atoms with E-state index in [1.807, 2.05) is 0 Å². The van der Waals surface area contributed by atoms with Gasteiger partial charge >= 0.3 is 0 Å². The van der Waals surface area contributed by atoms with E-state index in [0.29, 0.717) is 11.7 Å². The number of rotatable bonds is 1. The first-order valence-electron chi connectivity index (χ1n) is 6.08. The van der Waals surface area contributed by atoms with Crippen LogP contribution in [0.5, 0.6) is 0 Å². The minimum atomic E-state index is -0.514. The van der Waals surface area contributed by atoms with Gasteiger partial charge in [0.15, 0.2) is 0 Å². The van der Waals surface area contributed by atoms with Crippen LogP contribution in [0.4, 0.5) is 0 Å². The molecule has 0 radical (unpaired) electrons. The molecule has 4 rings (SSSR count). The monoisotopic (exact) mass is 208 g/mol. The summed E-state index contributed by atoms with van der Waals surface area (Å²) in [5, 5.41) is 10.5. The molecule has 0 aliphatic heterocycles. The van der Waals surface area contributed by atoms with Crippen molar-refractivity contribution in [1.82, 2.24) is 0 Å². The summed E-state index contributed by atoms with van der Waals surface area (Å²) >= 11 is 0. The second-order valence-corrected chi connectivity index (χ2v) is 6.88. The Labute approximate surface area is 91.1 Å². The molecule has 0 heterocycles. The first-order chi connectivity index (χ1) is 6.85. The van der Waals surface area contributed by atoms with E-state index in [4.69, 9.17) is 0 Å². The van der Waals surface area contributed by atoms with Crippen LogP contribution < -0.4 is 0 Å². The molecule has 0 aromatic rings. The van der Waals surface area contributed by atoms with Crippen molar-refractivity contribution in [3.8, 4) is 0 Å². The third-order valence-electron chi connectivity index (χ3n) is 5.06. The predicted molar refractivity (Wildman–Crippen MR) is 57.4 cm³/mol. The zero-order chi connectivity index (χ0) is 10.9. The normalized spacial score (nSPS) is 57.1. The van der Waals surface area contributed by atoms with Crippen molar-refractivity contribution in [2.45, 2.75) is 58.0 Å². The highest BCUT2D eigenvalue weighted by Crippen LogP contribution is 2.66. The van der Waals surface area contributed by atoms with Crippen LogP contribution in [0.15, 0.2) is 0 Å². The molecule has 4 saturated carbocycles. The van der Waals surface area contributed by atoms with Crippen molar-refractivity contribution in [3.05, 3.63) is 0 Å². The maximum Gasteiger partial charge on any atom is 0.136 e. The second-order valence-electron chi connectivity index (χ2n) is 6.88. The number of ketones is 1. The van der Waals surface area contributed by atoms with Crippen LogP contribution in [0.3, 0.4) is 0 Å². The van der Waals surface area contributed by atoms with Crippen LogP contribution >= 0.6 is 0 Å². The Hall–Kier alpha value is -0.370. The van der Waals surface area contributed by atoms with Gasteiger partial charge in [-0.25, -0.2) is 0 Å². The molecule has 15 heavy (non-hydrogen) atoms. The van der Waals surface area contributed by atoms with E-state index in [2.05, 4.69) is 6.92 Å². The van der Waals surface area contributed by atoms with E-state index in [9.17, 15) is 9.90 Å². The minimum Gasteiger partial charge on any atom is -0.390 e.